The van der Waals surface area contributed by atoms with Crippen molar-refractivity contribution in [3.8, 4) is 10.6 Å². The van der Waals surface area contributed by atoms with Crippen LogP contribution >= 0.6 is 11.5 Å². The number of halogens is 1. The van der Waals surface area contributed by atoms with Crippen LogP contribution in [0.1, 0.15) is 25.1 Å². The number of fused-ring (bicyclic) bond motifs is 5. The van der Waals surface area contributed by atoms with E-state index in [9.17, 15) is 14.4 Å². The van der Waals surface area contributed by atoms with Gasteiger partial charge >= 0.3 is 6.03 Å². The number of urea groups is 1. The SMILES string of the molecule is Cc1nnsc1-c1noc2c(F)c3c(cc12)CC1(C(=O)NC(=O)NC1=O)[C@H]1[C@H](C)O[C@H](C)CN31. The number of nitrogens with one attached hydrogen (secondary N) is 2. The van der Waals surface area contributed by atoms with Gasteiger partial charge < -0.3 is 14.2 Å². The molecule has 0 saturated carbocycles. The summed E-state index contributed by atoms with van der Waals surface area (Å²) in [6, 6.07) is -0.0307. The molecule has 6 rings (SSSR count). The van der Waals surface area contributed by atoms with Gasteiger partial charge in [0.25, 0.3) is 0 Å². The van der Waals surface area contributed by atoms with E-state index in [0.29, 0.717) is 27.2 Å². The Hall–Kier alpha value is -3.45. The summed E-state index contributed by atoms with van der Waals surface area (Å²) in [7, 11) is 0. The van der Waals surface area contributed by atoms with Gasteiger partial charge in [0.15, 0.2) is 11.2 Å². The number of carbonyl (C=O) groups is 3. The van der Waals surface area contributed by atoms with Gasteiger partial charge in [-0.25, -0.2) is 9.18 Å². The summed E-state index contributed by atoms with van der Waals surface area (Å²) in [5, 5.41) is 12.9. The second-order valence-electron chi connectivity index (χ2n) is 8.93. The van der Waals surface area contributed by atoms with Gasteiger partial charge in [-0.1, -0.05) is 9.64 Å². The first-order valence-corrected chi connectivity index (χ1v) is 11.5. The molecule has 0 aliphatic carbocycles. The Morgan fingerprint density at radius 1 is 1.24 bits per heavy atom. The molecule has 2 aromatic heterocycles. The summed E-state index contributed by atoms with van der Waals surface area (Å²) < 4.78 is 31.3. The topological polar surface area (TPSA) is 140 Å². The van der Waals surface area contributed by atoms with Crippen molar-refractivity contribution < 1.29 is 28.0 Å². The van der Waals surface area contributed by atoms with Crippen LogP contribution in [0, 0.1) is 18.2 Å². The van der Waals surface area contributed by atoms with Crippen molar-refractivity contribution >= 4 is 46.0 Å². The molecular formula is C21H19FN6O5S. The van der Waals surface area contributed by atoms with Crippen LogP contribution in [-0.4, -0.2) is 57.4 Å². The standard InChI is InChI=1S/C21H19FN6O5S/c1-7-6-28-14-10(4-11-13(16-8(2)25-27-34-16)26-33-15(11)12(14)22)5-21(17(28)9(3)32-7)18(29)23-20(31)24-19(21)30/h4,7,9,17H,5-6H2,1-3H3,(H2,23,24,29,30,31)/t7-,9+,17-/m1/s1. The lowest BCUT2D eigenvalue weighted by molar-refractivity contribution is -0.153. The van der Waals surface area contributed by atoms with Gasteiger partial charge in [0.1, 0.15) is 10.6 Å². The van der Waals surface area contributed by atoms with Crippen molar-refractivity contribution in [3.63, 3.8) is 0 Å². The Morgan fingerprint density at radius 3 is 2.65 bits per heavy atom. The van der Waals surface area contributed by atoms with Gasteiger partial charge in [-0.2, -0.15) is 0 Å². The smallest absolute Gasteiger partial charge is 0.328 e. The third-order valence-electron chi connectivity index (χ3n) is 6.83. The normalized spacial score (nSPS) is 25.8. The van der Waals surface area contributed by atoms with E-state index < -0.39 is 41.2 Å². The number of rotatable bonds is 1. The molecule has 2 fully saturated rings. The van der Waals surface area contributed by atoms with E-state index in [2.05, 4.69) is 25.4 Å². The Bertz CT molecular complexity index is 1380. The molecule has 0 bridgehead atoms. The van der Waals surface area contributed by atoms with Gasteiger partial charge in [-0.3, -0.25) is 20.2 Å². The van der Waals surface area contributed by atoms with Gasteiger partial charge in [-0.05, 0) is 43.9 Å². The summed E-state index contributed by atoms with van der Waals surface area (Å²) in [5.74, 6) is -2.10. The van der Waals surface area contributed by atoms with Crippen LogP contribution in [0.4, 0.5) is 14.9 Å². The number of morpholine rings is 1. The number of nitrogens with zero attached hydrogens (tertiary/aromatic N) is 4. The number of ether oxygens (including phenoxy) is 1. The fourth-order valence-electron chi connectivity index (χ4n) is 5.56. The lowest BCUT2D eigenvalue weighted by Crippen LogP contribution is -2.75. The number of aryl methyl sites for hydroxylation is 1. The Balaban J connectivity index is 1.61. The molecule has 2 N–H and O–H groups in total. The molecule has 5 heterocycles. The predicted molar refractivity (Wildman–Crippen MR) is 117 cm³/mol. The first kappa shape index (κ1) is 21.1. The second kappa shape index (κ2) is 7.03. The quantitative estimate of drug-likeness (QED) is 0.492. The number of anilines is 1. The summed E-state index contributed by atoms with van der Waals surface area (Å²) in [4.78, 5) is 40.7. The third kappa shape index (κ3) is 2.64. The Labute approximate surface area is 195 Å². The average molecular weight is 486 g/mol. The maximum atomic E-state index is 16.0. The lowest BCUT2D eigenvalue weighted by Gasteiger charge is -2.55. The van der Waals surface area contributed by atoms with Crippen LogP contribution in [0.25, 0.3) is 21.5 Å². The van der Waals surface area contributed by atoms with Gasteiger partial charge in [0.05, 0.1) is 35.0 Å². The van der Waals surface area contributed by atoms with Crippen LogP contribution in [0.15, 0.2) is 10.6 Å². The molecule has 3 aliphatic heterocycles. The van der Waals surface area contributed by atoms with E-state index in [-0.39, 0.29) is 30.3 Å². The minimum Gasteiger partial charge on any atom is -0.372 e. The molecule has 3 atom stereocenters. The first-order valence-electron chi connectivity index (χ1n) is 10.7. The molecule has 11 nitrogen and oxygen atoms in total. The van der Waals surface area contributed by atoms with Crippen molar-refractivity contribution in [3.05, 3.63) is 23.1 Å². The number of imide groups is 2. The molecule has 4 amide bonds. The van der Waals surface area contributed by atoms with E-state index in [0.717, 1.165) is 11.5 Å². The van der Waals surface area contributed by atoms with E-state index in [4.69, 9.17) is 9.26 Å². The summed E-state index contributed by atoms with van der Waals surface area (Å²) >= 11 is 1.11. The summed E-state index contributed by atoms with van der Waals surface area (Å²) in [6.45, 7) is 5.57. The van der Waals surface area contributed by atoms with Gasteiger partial charge in [0, 0.05) is 13.0 Å². The van der Waals surface area contributed by atoms with E-state index in [1.165, 1.54) is 0 Å². The lowest BCUT2D eigenvalue weighted by atomic mass is 9.66. The minimum atomic E-state index is -1.69. The highest BCUT2D eigenvalue weighted by atomic mass is 32.1. The van der Waals surface area contributed by atoms with E-state index in [1.54, 1.807) is 24.8 Å². The predicted octanol–water partition coefficient (Wildman–Crippen LogP) is 1.68. The Morgan fingerprint density at radius 2 is 1.97 bits per heavy atom. The fraction of sp³-hybridized carbons (Fsp3) is 0.429. The zero-order chi connectivity index (χ0) is 23.9. The molecule has 1 aromatic carbocycles. The molecule has 3 aliphatic rings. The van der Waals surface area contributed by atoms with E-state index >= 15 is 4.39 Å². The molecule has 34 heavy (non-hydrogen) atoms. The van der Waals surface area contributed by atoms with Crippen LogP contribution < -0.4 is 15.5 Å². The molecule has 0 radical (unpaired) electrons. The van der Waals surface area contributed by atoms with Crippen molar-refractivity contribution in [2.24, 2.45) is 5.41 Å². The maximum Gasteiger partial charge on any atom is 0.328 e. The molecule has 1 spiro atoms. The number of benzene rings is 1. The number of hydrogen-bond acceptors (Lipinski definition) is 10. The van der Waals surface area contributed by atoms with Crippen LogP contribution in [0.5, 0.6) is 0 Å². The number of carbonyl (C=O) groups excluding carboxylic acids is 3. The first-order chi connectivity index (χ1) is 16.2. The monoisotopic (exact) mass is 486 g/mol. The van der Waals surface area contributed by atoms with Crippen molar-refractivity contribution in [2.75, 3.05) is 11.4 Å². The average Bonchev–Trinajstić information content (AvgIpc) is 3.37. The number of hydrogen-bond donors (Lipinski definition) is 2. The highest BCUT2D eigenvalue weighted by Crippen LogP contribution is 2.49. The maximum absolute atomic E-state index is 16.0. The largest absolute Gasteiger partial charge is 0.372 e. The minimum absolute atomic E-state index is 0.0317. The van der Waals surface area contributed by atoms with E-state index in [1.807, 2.05) is 6.92 Å². The number of barbiturate groups is 1. The number of amides is 4. The van der Waals surface area contributed by atoms with Crippen molar-refractivity contribution in [2.45, 2.75) is 45.4 Å². The molecule has 2 saturated heterocycles. The number of aromatic nitrogens is 3. The molecule has 13 heteroatoms. The van der Waals surface area contributed by atoms with Crippen LogP contribution in [0.3, 0.4) is 0 Å². The zero-order valence-corrected chi connectivity index (χ0v) is 19.2. The summed E-state index contributed by atoms with van der Waals surface area (Å²) in [6.07, 6.45) is -1.03. The molecule has 3 aromatic rings. The van der Waals surface area contributed by atoms with Crippen LogP contribution in [0.2, 0.25) is 0 Å². The zero-order valence-electron chi connectivity index (χ0n) is 18.3. The van der Waals surface area contributed by atoms with Crippen molar-refractivity contribution in [1.29, 1.82) is 0 Å². The summed E-state index contributed by atoms with van der Waals surface area (Å²) in [5.41, 5.74) is -0.0473. The van der Waals surface area contributed by atoms with Gasteiger partial charge in [0.2, 0.25) is 17.4 Å². The van der Waals surface area contributed by atoms with Gasteiger partial charge in [-0.15, -0.1) is 5.10 Å². The molecule has 0 unspecified atom stereocenters. The highest BCUT2D eigenvalue weighted by molar-refractivity contribution is 7.09. The highest BCUT2D eigenvalue weighted by Gasteiger charge is 2.63. The molecule has 176 valence electrons. The third-order valence-corrected chi connectivity index (χ3v) is 7.67. The molecular weight excluding hydrogens is 467 g/mol. The van der Waals surface area contributed by atoms with Crippen molar-refractivity contribution in [1.82, 2.24) is 25.4 Å². The van der Waals surface area contributed by atoms with Crippen LogP contribution in [-0.2, 0) is 20.7 Å². The fourth-order valence-corrected chi connectivity index (χ4v) is 6.21. The second-order valence-corrected chi connectivity index (χ2v) is 9.68. The Kier molecular flexibility index (Phi) is 4.36.